The van der Waals surface area contributed by atoms with Crippen molar-refractivity contribution < 1.29 is 27.5 Å². The minimum Gasteiger partial charge on any atom is -0.483 e. The van der Waals surface area contributed by atoms with E-state index in [-0.39, 0.29) is 17.9 Å². The van der Waals surface area contributed by atoms with E-state index in [1.807, 2.05) is 32.0 Å². The van der Waals surface area contributed by atoms with Crippen molar-refractivity contribution in [3.05, 3.63) is 89.0 Å². The molecule has 0 aliphatic rings. The van der Waals surface area contributed by atoms with Crippen LogP contribution in [0.1, 0.15) is 27.0 Å². The van der Waals surface area contributed by atoms with Gasteiger partial charge < -0.3 is 15.4 Å². The Bertz CT molecular complexity index is 1120. The molecule has 0 radical (unpaired) electrons. The van der Waals surface area contributed by atoms with Gasteiger partial charge in [-0.15, -0.1) is 0 Å². The number of nitrogens with one attached hydrogen (secondary N) is 2. The largest absolute Gasteiger partial charge is 0.483 e. The third kappa shape index (κ3) is 5.87. The maximum atomic E-state index is 12.9. The van der Waals surface area contributed by atoms with Crippen LogP contribution in [-0.2, 0) is 11.0 Å². The number of anilines is 2. The van der Waals surface area contributed by atoms with Crippen LogP contribution < -0.4 is 15.4 Å². The molecule has 2 amide bonds. The highest BCUT2D eigenvalue weighted by atomic mass is 19.4. The highest BCUT2D eigenvalue weighted by Gasteiger charge is 2.30. The van der Waals surface area contributed by atoms with Gasteiger partial charge in [0, 0.05) is 16.9 Å². The van der Waals surface area contributed by atoms with Gasteiger partial charge in [-0.05, 0) is 61.4 Å². The first-order valence-corrected chi connectivity index (χ1v) is 9.71. The number of aryl methyl sites for hydroxylation is 2. The molecule has 0 spiro atoms. The number of hydrogen-bond donors (Lipinski definition) is 2. The zero-order valence-corrected chi connectivity index (χ0v) is 17.4. The number of ether oxygens (including phenoxy) is 1. The number of benzene rings is 3. The van der Waals surface area contributed by atoms with E-state index in [1.165, 1.54) is 24.3 Å². The quantitative estimate of drug-likeness (QED) is 0.523. The van der Waals surface area contributed by atoms with Gasteiger partial charge in [0.15, 0.2) is 6.61 Å². The first-order valence-electron chi connectivity index (χ1n) is 9.71. The first-order chi connectivity index (χ1) is 15.1. The number of carbonyl (C=O) groups is 2. The van der Waals surface area contributed by atoms with E-state index in [0.29, 0.717) is 11.4 Å². The number of amides is 2. The van der Waals surface area contributed by atoms with Crippen molar-refractivity contribution in [3.63, 3.8) is 0 Å². The third-order valence-corrected chi connectivity index (χ3v) is 4.61. The Labute approximate surface area is 183 Å². The number of carbonyl (C=O) groups excluding carboxylic acids is 2. The molecule has 8 heteroatoms. The van der Waals surface area contributed by atoms with Gasteiger partial charge in [0.1, 0.15) is 5.75 Å². The smallest absolute Gasteiger partial charge is 0.416 e. The third-order valence-electron chi connectivity index (χ3n) is 4.61. The maximum Gasteiger partial charge on any atom is 0.416 e. The van der Waals surface area contributed by atoms with E-state index in [4.69, 9.17) is 4.74 Å². The van der Waals surface area contributed by atoms with E-state index in [0.717, 1.165) is 23.3 Å². The topological polar surface area (TPSA) is 67.4 Å². The van der Waals surface area contributed by atoms with Crippen molar-refractivity contribution in [2.45, 2.75) is 20.0 Å². The Morgan fingerprint density at radius 3 is 2.09 bits per heavy atom. The predicted molar refractivity (Wildman–Crippen MR) is 116 cm³/mol. The SMILES string of the molecule is Cc1cccc(C)c1OCC(=O)Nc1cccc(C(=O)Nc2cccc(C(F)(F)F)c2)c1. The van der Waals surface area contributed by atoms with Gasteiger partial charge in [-0.3, -0.25) is 9.59 Å². The molecule has 0 fully saturated rings. The Balaban J connectivity index is 1.63. The van der Waals surface area contributed by atoms with E-state index < -0.39 is 23.6 Å². The lowest BCUT2D eigenvalue weighted by atomic mass is 10.1. The summed E-state index contributed by atoms with van der Waals surface area (Å²) >= 11 is 0. The average molecular weight is 442 g/mol. The molecule has 2 N–H and O–H groups in total. The van der Waals surface area contributed by atoms with Crippen molar-refractivity contribution in [1.29, 1.82) is 0 Å². The van der Waals surface area contributed by atoms with Crippen LogP contribution in [0.5, 0.6) is 5.75 Å². The molecule has 5 nitrogen and oxygen atoms in total. The molecular weight excluding hydrogens is 421 g/mol. The molecular formula is C24H21F3N2O3. The first kappa shape index (κ1) is 22.9. The molecule has 3 rings (SSSR count). The number of alkyl halides is 3. The summed E-state index contributed by atoms with van der Waals surface area (Å²) in [5.74, 6) is -0.382. The molecule has 0 aliphatic heterocycles. The van der Waals surface area contributed by atoms with Crippen LogP contribution in [0.2, 0.25) is 0 Å². The number of halogens is 3. The molecule has 0 saturated carbocycles. The van der Waals surface area contributed by atoms with Gasteiger partial charge >= 0.3 is 6.18 Å². The van der Waals surface area contributed by atoms with Gasteiger partial charge in [-0.1, -0.05) is 30.3 Å². The van der Waals surface area contributed by atoms with Crippen LogP contribution in [0.15, 0.2) is 66.7 Å². The Morgan fingerprint density at radius 1 is 0.844 bits per heavy atom. The number of para-hydroxylation sites is 1. The fourth-order valence-electron chi connectivity index (χ4n) is 3.08. The molecule has 0 unspecified atom stereocenters. The van der Waals surface area contributed by atoms with Crippen LogP contribution in [-0.4, -0.2) is 18.4 Å². The highest BCUT2D eigenvalue weighted by molar-refractivity contribution is 6.05. The van der Waals surface area contributed by atoms with Crippen LogP contribution >= 0.6 is 0 Å². The zero-order valence-electron chi connectivity index (χ0n) is 17.4. The van der Waals surface area contributed by atoms with Crippen molar-refractivity contribution in [1.82, 2.24) is 0 Å². The molecule has 0 saturated heterocycles. The van der Waals surface area contributed by atoms with Crippen molar-refractivity contribution >= 4 is 23.2 Å². The monoisotopic (exact) mass is 442 g/mol. The molecule has 0 heterocycles. The average Bonchev–Trinajstić information content (AvgIpc) is 2.73. The Morgan fingerprint density at radius 2 is 1.44 bits per heavy atom. The number of rotatable bonds is 6. The van der Waals surface area contributed by atoms with Gasteiger partial charge in [-0.2, -0.15) is 13.2 Å². The van der Waals surface area contributed by atoms with E-state index in [1.54, 1.807) is 12.1 Å². The van der Waals surface area contributed by atoms with Gasteiger partial charge in [-0.25, -0.2) is 0 Å². The lowest BCUT2D eigenvalue weighted by Crippen LogP contribution is -2.21. The van der Waals surface area contributed by atoms with Crippen LogP contribution in [0.4, 0.5) is 24.5 Å². The van der Waals surface area contributed by atoms with Crippen molar-refractivity contribution in [2.24, 2.45) is 0 Å². The molecule has 3 aromatic rings. The Kier molecular flexibility index (Phi) is 6.82. The van der Waals surface area contributed by atoms with Crippen molar-refractivity contribution in [3.8, 4) is 5.75 Å². The lowest BCUT2D eigenvalue weighted by molar-refractivity contribution is -0.137. The number of hydrogen-bond acceptors (Lipinski definition) is 3. The highest BCUT2D eigenvalue weighted by Crippen LogP contribution is 2.30. The summed E-state index contributed by atoms with van der Waals surface area (Å²) in [7, 11) is 0. The van der Waals surface area contributed by atoms with Crippen LogP contribution in [0.25, 0.3) is 0 Å². The molecule has 0 atom stereocenters. The summed E-state index contributed by atoms with van der Waals surface area (Å²) in [5.41, 5.74) is 1.51. The standard InChI is InChI=1S/C24H21F3N2O3/c1-15-6-3-7-16(2)22(15)32-14-21(30)28-19-10-4-8-17(12-19)23(31)29-20-11-5-9-18(13-20)24(25,26)27/h3-13H,14H2,1-2H3,(H,28,30)(H,29,31). The molecule has 3 aromatic carbocycles. The van der Waals surface area contributed by atoms with E-state index in [2.05, 4.69) is 10.6 Å². The zero-order chi connectivity index (χ0) is 23.3. The summed E-state index contributed by atoms with van der Waals surface area (Å²) in [6.07, 6.45) is -4.51. The second kappa shape index (κ2) is 9.55. The summed E-state index contributed by atoms with van der Waals surface area (Å²) in [6.45, 7) is 3.55. The predicted octanol–water partition coefficient (Wildman–Crippen LogP) is 5.59. The van der Waals surface area contributed by atoms with E-state index in [9.17, 15) is 22.8 Å². The lowest BCUT2D eigenvalue weighted by Gasteiger charge is -2.13. The van der Waals surface area contributed by atoms with Gasteiger partial charge in [0.05, 0.1) is 5.56 Å². The van der Waals surface area contributed by atoms with Gasteiger partial charge in [0.2, 0.25) is 0 Å². The fraction of sp³-hybridized carbons (Fsp3) is 0.167. The van der Waals surface area contributed by atoms with E-state index >= 15 is 0 Å². The van der Waals surface area contributed by atoms with Gasteiger partial charge in [0.25, 0.3) is 11.8 Å². The molecule has 0 bridgehead atoms. The summed E-state index contributed by atoms with van der Waals surface area (Å²) in [5, 5.41) is 5.08. The summed E-state index contributed by atoms with van der Waals surface area (Å²) in [6, 6.07) is 16.1. The fourth-order valence-corrected chi connectivity index (χ4v) is 3.08. The normalized spacial score (nSPS) is 11.0. The summed E-state index contributed by atoms with van der Waals surface area (Å²) in [4.78, 5) is 24.7. The molecule has 0 aliphatic carbocycles. The molecule has 166 valence electrons. The Hall–Kier alpha value is -3.81. The molecule has 32 heavy (non-hydrogen) atoms. The maximum absolute atomic E-state index is 12.9. The van der Waals surface area contributed by atoms with Crippen LogP contribution in [0.3, 0.4) is 0 Å². The molecule has 0 aromatic heterocycles. The minimum absolute atomic E-state index is 0.0151. The second-order valence-electron chi connectivity index (χ2n) is 7.17. The van der Waals surface area contributed by atoms with Crippen molar-refractivity contribution in [2.75, 3.05) is 17.2 Å². The van der Waals surface area contributed by atoms with Crippen LogP contribution in [0, 0.1) is 13.8 Å². The summed E-state index contributed by atoms with van der Waals surface area (Å²) < 4.78 is 44.2. The second-order valence-corrected chi connectivity index (χ2v) is 7.17. The minimum atomic E-state index is -4.51.